The van der Waals surface area contributed by atoms with Crippen LogP contribution in [0.4, 0.5) is 5.82 Å². The van der Waals surface area contributed by atoms with Gasteiger partial charge in [0.15, 0.2) is 5.65 Å². The lowest BCUT2D eigenvalue weighted by Crippen LogP contribution is -2.18. The van der Waals surface area contributed by atoms with Crippen LogP contribution in [0.2, 0.25) is 0 Å². The van der Waals surface area contributed by atoms with Gasteiger partial charge in [-0.2, -0.15) is 4.98 Å². The van der Waals surface area contributed by atoms with Gasteiger partial charge in [-0.15, -0.1) is 0 Å². The number of aryl methyl sites for hydroxylation is 2. The van der Waals surface area contributed by atoms with Gasteiger partial charge in [-0.1, -0.05) is 6.07 Å². The molecule has 0 spiro atoms. The minimum absolute atomic E-state index is 0.0936. The second-order valence-corrected chi connectivity index (χ2v) is 7.21. The van der Waals surface area contributed by atoms with Gasteiger partial charge in [-0.3, -0.25) is 9.36 Å². The second-order valence-electron chi connectivity index (χ2n) is 7.21. The van der Waals surface area contributed by atoms with Crippen LogP contribution in [0.25, 0.3) is 16.7 Å². The van der Waals surface area contributed by atoms with Gasteiger partial charge in [0.25, 0.3) is 5.91 Å². The number of amides is 1. The molecule has 1 aromatic carbocycles. The fourth-order valence-corrected chi connectivity index (χ4v) is 3.76. The summed E-state index contributed by atoms with van der Waals surface area (Å²) in [6, 6.07) is 3.38. The SMILES string of the molecule is Cc1nc(OC2CCOC2)c2c(C(N)=O)c(N)n(-c3c(C)ccc(O)c3C)c2n1. The summed E-state index contributed by atoms with van der Waals surface area (Å²) in [5.41, 5.74) is 14.7. The normalized spacial score (nSPS) is 16.4. The molecule has 5 N–H and O–H groups in total. The van der Waals surface area contributed by atoms with E-state index in [1.165, 1.54) is 0 Å². The van der Waals surface area contributed by atoms with E-state index in [4.69, 9.17) is 20.9 Å². The number of phenols is 1. The lowest BCUT2D eigenvalue weighted by Gasteiger charge is -2.16. The highest BCUT2D eigenvalue weighted by atomic mass is 16.5. The topological polar surface area (TPSA) is 139 Å². The van der Waals surface area contributed by atoms with E-state index in [1.807, 2.05) is 6.92 Å². The molecule has 3 heterocycles. The number of anilines is 1. The zero-order valence-electron chi connectivity index (χ0n) is 16.5. The average Bonchev–Trinajstić information content (AvgIpc) is 3.25. The van der Waals surface area contributed by atoms with E-state index in [2.05, 4.69) is 9.97 Å². The lowest BCUT2D eigenvalue weighted by molar-refractivity contribution is 0.100. The van der Waals surface area contributed by atoms with Crippen molar-refractivity contribution in [1.29, 1.82) is 0 Å². The smallest absolute Gasteiger partial charge is 0.253 e. The third-order valence-electron chi connectivity index (χ3n) is 5.17. The van der Waals surface area contributed by atoms with Crippen molar-refractivity contribution in [1.82, 2.24) is 14.5 Å². The van der Waals surface area contributed by atoms with E-state index in [9.17, 15) is 9.90 Å². The predicted molar refractivity (Wildman–Crippen MR) is 108 cm³/mol. The molecule has 0 saturated carbocycles. The standard InChI is InChI=1S/C20H23N5O4/c1-9-4-5-13(26)10(2)16(9)25-17(21)14(18(22)27)15-19(25)23-11(3)24-20(15)29-12-6-7-28-8-12/h4-5,12,26H,6-8,21H2,1-3H3,(H2,22,27). The van der Waals surface area contributed by atoms with Gasteiger partial charge in [0.05, 0.1) is 29.9 Å². The van der Waals surface area contributed by atoms with Crippen LogP contribution < -0.4 is 16.2 Å². The van der Waals surface area contributed by atoms with E-state index in [1.54, 1.807) is 30.5 Å². The van der Waals surface area contributed by atoms with Crippen LogP contribution in [0.3, 0.4) is 0 Å². The van der Waals surface area contributed by atoms with Gasteiger partial charge in [0.1, 0.15) is 23.5 Å². The van der Waals surface area contributed by atoms with E-state index in [0.717, 1.165) is 12.0 Å². The van der Waals surface area contributed by atoms with E-state index >= 15 is 0 Å². The first-order chi connectivity index (χ1) is 13.8. The number of hydrogen-bond donors (Lipinski definition) is 3. The van der Waals surface area contributed by atoms with E-state index < -0.39 is 5.91 Å². The zero-order chi connectivity index (χ0) is 20.9. The van der Waals surface area contributed by atoms with E-state index in [-0.39, 0.29) is 29.1 Å². The molecule has 3 aromatic rings. The Morgan fingerprint density at radius 3 is 2.72 bits per heavy atom. The summed E-state index contributed by atoms with van der Waals surface area (Å²) in [6.45, 7) is 6.44. The molecule has 1 atom stereocenters. The zero-order valence-corrected chi connectivity index (χ0v) is 16.5. The minimum atomic E-state index is -0.707. The predicted octanol–water partition coefficient (Wildman–Crippen LogP) is 1.90. The Morgan fingerprint density at radius 1 is 1.31 bits per heavy atom. The molecular weight excluding hydrogens is 374 g/mol. The molecule has 1 unspecified atom stereocenters. The average molecular weight is 397 g/mol. The third kappa shape index (κ3) is 3.03. The highest BCUT2D eigenvalue weighted by Crippen LogP contribution is 2.39. The number of rotatable bonds is 4. The number of hydrogen-bond acceptors (Lipinski definition) is 7. The number of carbonyl (C=O) groups excluding carboxylic acids is 1. The number of fused-ring (bicyclic) bond motifs is 1. The molecule has 1 aliphatic rings. The molecule has 2 aromatic heterocycles. The molecule has 9 heteroatoms. The Kier molecular flexibility index (Phi) is 4.54. The minimum Gasteiger partial charge on any atom is -0.508 e. The van der Waals surface area contributed by atoms with Crippen LogP contribution in [0, 0.1) is 20.8 Å². The number of benzene rings is 1. The Morgan fingerprint density at radius 2 is 2.07 bits per heavy atom. The van der Waals surface area contributed by atoms with Crippen LogP contribution >= 0.6 is 0 Å². The molecule has 1 fully saturated rings. The number of ether oxygens (including phenoxy) is 2. The maximum Gasteiger partial charge on any atom is 0.253 e. The number of primary amides is 1. The number of carbonyl (C=O) groups is 1. The molecule has 0 radical (unpaired) electrons. The van der Waals surface area contributed by atoms with Crippen molar-refractivity contribution >= 4 is 22.8 Å². The fraction of sp³-hybridized carbons (Fsp3) is 0.350. The van der Waals surface area contributed by atoms with Crippen LogP contribution in [0.1, 0.15) is 33.7 Å². The van der Waals surface area contributed by atoms with Gasteiger partial charge in [-0.05, 0) is 32.4 Å². The molecule has 0 aliphatic carbocycles. The maximum atomic E-state index is 12.3. The molecule has 152 valence electrons. The van der Waals surface area contributed by atoms with Crippen LogP contribution in [0.15, 0.2) is 12.1 Å². The van der Waals surface area contributed by atoms with Crippen molar-refractivity contribution in [2.75, 3.05) is 18.9 Å². The summed E-state index contributed by atoms with van der Waals surface area (Å²) in [5.74, 6) is 0.227. The molecule has 9 nitrogen and oxygen atoms in total. The van der Waals surface area contributed by atoms with Crippen molar-refractivity contribution in [2.45, 2.75) is 33.3 Å². The summed E-state index contributed by atoms with van der Waals surface area (Å²) < 4.78 is 13.1. The highest BCUT2D eigenvalue weighted by molar-refractivity contribution is 6.12. The van der Waals surface area contributed by atoms with Gasteiger partial charge >= 0.3 is 0 Å². The molecular formula is C20H23N5O4. The summed E-state index contributed by atoms with van der Waals surface area (Å²) in [5, 5.41) is 10.6. The molecule has 1 aliphatic heterocycles. The van der Waals surface area contributed by atoms with Crippen molar-refractivity contribution in [3.8, 4) is 17.3 Å². The first-order valence-electron chi connectivity index (χ1n) is 9.31. The van der Waals surface area contributed by atoms with Crippen LogP contribution in [-0.4, -0.2) is 44.9 Å². The third-order valence-corrected chi connectivity index (χ3v) is 5.17. The number of phenolic OH excluding ortho intramolecular Hbond substituents is 1. The van der Waals surface area contributed by atoms with Crippen LogP contribution in [-0.2, 0) is 4.74 Å². The monoisotopic (exact) mass is 397 g/mol. The molecule has 1 saturated heterocycles. The first kappa shape index (κ1) is 19.0. The van der Waals surface area contributed by atoms with Crippen molar-refractivity contribution in [3.05, 3.63) is 34.6 Å². The maximum absolute atomic E-state index is 12.3. The van der Waals surface area contributed by atoms with Gasteiger partial charge in [0.2, 0.25) is 5.88 Å². The van der Waals surface area contributed by atoms with Crippen molar-refractivity contribution in [2.24, 2.45) is 5.73 Å². The Balaban J connectivity index is 2.07. The molecule has 0 bridgehead atoms. The number of nitrogens with two attached hydrogens (primary N) is 2. The Labute approximate surface area is 167 Å². The van der Waals surface area contributed by atoms with Gasteiger partial charge in [-0.25, -0.2) is 4.98 Å². The van der Waals surface area contributed by atoms with Gasteiger partial charge in [0, 0.05) is 12.0 Å². The first-order valence-corrected chi connectivity index (χ1v) is 9.31. The van der Waals surface area contributed by atoms with Crippen LogP contribution in [0.5, 0.6) is 11.6 Å². The molecule has 1 amide bonds. The molecule has 29 heavy (non-hydrogen) atoms. The number of nitrogen functional groups attached to an aromatic ring is 1. The molecule has 4 rings (SSSR count). The fourth-order valence-electron chi connectivity index (χ4n) is 3.76. The number of nitrogens with zero attached hydrogens (tertiary/aromatic N) is 3. The Hall–Kier alpha value is -3.33. The Bertz CT molecular complexity index is 1130. The van der Waals surface area contributed by atoms with Crippen molar-refractivity contribution < 1.29 is 19.4 Å². The van der Waals surface area contributed by atoms with Crippen molar-refractivity contribution in [3.63, 3.8) is 0 Å². The highest BCUT2D eigenvalue weighted by Gasteiger charge is 2.29. The van der Waals surface area contributed by atoms with Gasteiger partial charge < -0.3 is 26.0 Å². The number of aromatic nitrogens is 3. The lowest BCUT2D eigenvalue weighted by atomic mass is 10.1. The second kappa shape index (κ2) is 6.93. The van der Waals surface area contributed by atoms with E-state index in [0.29, 0.717) is 41.3 Å². The summed E-state index contributed by atoms with van der Waals surface area (Å²) in [7, 11) is 0. The number of aromatic hydroxyl groups is 1. The largest absolute Gasteiger partial charge is 0.508 e. The summed E-state index contributed by atoms with van der Waals surface area (Å²) >= 11 is 0. The summed E-state index contributed by atoms with van der Waals surface area (Å²) in [6.07, 6.45) is 0.541. The summed E-state index contributed by atoms with van der Waals surface area (Å²) in [4.78, 5) is 21.3. The quantitative estimate of drug-likeness (QED) is 0.611.